The van der Waals surface area contributed by atoms with E-state index in [9.17, 15) is 43.2 Å². The number of aliphatic hydroxyl groups is 1. The van der Waals surface area contributed by atoms with Gasteiger partial charge in [-0.1, -0.05) is 292 Å². The summed E-state index contributed by atoms with van der Waals surface area (Å²) in [4.78, 5) is 72.3. The predicted molar refractivity (Wildman–Crippen MR) is 349 cm³/mol. The van der Waals surface area contributed by atoms with E-state index >= 15 is 0 Å². The summed E-state index contributed by atoms with van der Waals surface area (Å²) in [6.07, 6.45) is 44.4. The summed E-state index contributed by atoms with van der Waals surface area (Å²) < 4.78 is 68.1. The van der Waals surface area contributed by atoms with E-state index in [1.165, 1.54) is 148 Å². The Labute approximate surface area is 530 Å². The van der Waals surface area contributed by atoms with Gasteiger partial charge in [0.25, 0.3) is 0 Å². The summed E-state index contributed by atoms with van der Waals surface area (Å²) in [7, 11) is -9.89. The quantitative estimate of drug-likeness (QED) is 0.0222. The lowest BCUT2D eigenvalue weighted by Crippen LogP contribution is -2.30. The van der Waals surface area contributed by atoms with Crippen LogP contribution in [0.3, 0.4) is 0 Å². The Morgan fingerprint density at radius 3 is 0.874 bits per heavy atom. The molecule has 0 aliphatic rings. The minimum Gasteiger partial charge on any atom is -0.462 e. The Morgan fingerprint density at radius 2 is 0.586 bits per heavy atom. The summed E-state index contributed by atoms with van der Waals surface area (Å²) in [6, 6.07) is 0. The van der Waals surface area contributed by atoms with Crippen molar-refractivity contribution in [1.29, 1.82) is 0 Å². The fraction of sp³-hybridized carbons (Fsp3) is 0.941. The van der Waals surface area contributed by atoms with Crippen LogP contribution in [0.5, 0.6) is 0 Å². The van der Waals surface area contributed by atoms with Crippen LogP contribution in [0.15, 0.2) is 0 Å². The van der Waals surface area contributed by atoms with Gasteiger partial charge in [-0.15, -0.1) is 0 Å². The monoisotopic (exact) mass is 1280 g/mol. The molecule has 0 fully saturated rings. The van der Waals surface area contributed by atoms with E-state index in [4.69, 9.17) is 37.0 Å². The molecule has 0 aromatic rings. The number of phosphoric acid groups is 2. The lowest BCUT2D eigenvalue weighted by Gasteiger charge is -2.21. The van der Waals surface area contributed by atoms with E-state index in [1.807, 2.05) is 0 Å². The van der Waals surface area contributed by atoms with Crippen LogP contribution in [0.2, 0.25) is 0 Å². The standard InChI is InChI=1S/C68H132O17P2/c1-7-10-12-14-16-17-18-19-20-21-22-27-34-40-46-52-67(72)84-64(57-79-66(71)51-45-39-33-26-24-23-25-31-36-42-48-60(4)5)59-83-87(76,77)81-55-62(69)54-80-86(74,75)82-58-63(56-78-65(70)50-44-38-30-15-13-11-8-2)85-68(73)53-47-41-35-29-28-32-37-43-49-61(6)9-3/h60-64,69H,7-59H2,1-6H3,(H,74,75)(H,76,77)/t61?,62-,63+,64+/m0/s1. The molecule has 0 aliphatic carbocycles. The van der Waals surface area contributed by atoms with Crippen LogP contribution in [-0.4, -0.2) is 96.7 Å². The number of esters is 4. The third-order valence-corrected chi connectivity index (χ3v) is 18.0. The first-order valence-corrected chi connectivity index (χ1v) is 38.5. The third kappa shape index (κ3) is 61.3. The van der Waals surface area contributed by atoms with Crippen molar-refractivity contribution in [3.63, 3.8) is 0 Å². The van der Waals surface area contributed by atoms with Crippen LogP contribution in [0, 0.1) is 11.8 Å². The molecule has 0 aromatic heterocycles. The normalized spacial score (nSPS) is 14.5. The SMILES string of the molecule is CCCCCCCCCCCCCCCCCC(=O)O[C@H](COC(=O)CCCCCCCCCCCCC(C)C)COP(=O)(O)OC[C@@H](O)COP(=O)(O)OC[C@@H](COC(=O)CCCCCCCCC)OC(=O)CCCCCCCCCCC(C)CC. The second-order valence-electron chi connectivity index (χ2n) is 25.3. The molecule has 0 aromatic carbocycles. The van der Waals surface area contributed by atoms with Gasteiger partial charge in [-0.3, -0.25) is 37.3 Å². The summed E-state index contributed by atoms with van der Waals surface area (Å²) in [5, 5.41) is 10.6. The summed E-state index contributed by atoms with van der Waals surface area (Å²) in [5.74, 6) is -0.603. The first-order chi connectivity index (χ1) is 41.9. The smallest absolute Gasteiger partial charge is 0.462 e. The van der Waals surface area contributed by atoms with Crippen molar-refractivity contribution in [1.82, 2.24) is 0 Å². The fourth-order valence-electron chi connectivity index (χ4n) is 10.2. The zero-order valence-corrected chi connectivity index (χ0v) is 58.1. The highest BCUT2D eigenvalue weighted by Gasteiger charge is 2.30. The van der Waals surface area contributed by atoms with Crippen LogP contribution in [-0.2, 0) is 65.4 Å². The Bertz CT molecular complexity index is 1700. The molecule has 19 heteroatoms. The van der Waals surface area contributed by atoms with Gasteiger partial charge < -0.3 is 33.8 Å². The topological polar surface area (TPSA) is 237 Å². The summed E-state index contributed by atoms with van der Waals surface area (Å²) >= 11 is 0. The number of hydrogen-bond donors (Lipinski definition) is 3. The minimum absolute atomic E-state index is 0.105. The van der Waals surface area contributed by atoms with Crippen molar-refractivity contribution in [2.24, 2.45) is 11.8 Å². The summed E-state index contributed by atoms with van der Waals surface area (Å²) in [5.41, 5.74) is 0. The van der Waals surface area contributed by atoms with Gasteiger partial charge in [-0.05, 0) is 37.5 Å². The molecule has 0 rings (SSSR count). The molecule has 0 aliphatic heterocycles. The molecule has 0 bridgehead atoms. The van der Waals surface area contributed by atoms with Crippen LogP contribution in [0.25, 0.3) is 0 Å². The lowest BCUT2D eigenvalue weighted by atomic mass is 9.99. The van der Waals surface area contributed by atoms with Gasteiger partial charge in [0, 0.05) is 25.7 Å². The number of phosphoric ester groups is 2. The molecule has 87 heavy (non-hydrogen) atoms. The highest BCUT2D eigenvalue weighted by Crippen LogP contribution is 2.45. The molecule has 0 saturated carbocycles. The maximum Gasteiger partial charge on any atom is 0.472 e. The predicted octanol–water partition coefficient (Wildman–Crippen LogP) is 19.2. The van der Waals surface area contributed by atoms with Crippen LogP contribution in [0.4, 0.5) is 0 Å². The van der Waals surface area contributed by atoms with Crippen molar-refractivity contribution in [2.45, 2.75) is 362 Å². The molecular weight excluding hydrogens is 1150 g/mol. The lowest BCUT2D eigenvalue weighted by molar-refractivity contribution is -0.161. The number of ether oxygens (including phenoxy) is 4. The Morgan fingerprint density at radius 1 is 0.333 bits per heavy atom. The molecule has 0 radical (unpaired) electrons. The van der Waals surface area contributed by atoms with Gasteiger partial charge in [0.2, 0.25) is 0 Å². The third-order valence-electron chi connectivity index (χ3n) is 16.1. The Kier molecular flexibility index (Phi) is 59.0. The number of rotatable bonds is 67. The molecule has 6 atom stereocenters. The average molecular weight is 1280 g/mol. The van der Waals surface area contributed by atoms with Gasteiger partial charge in [-0.25, -0.2) is 9.13 Å². The van der Waals surface area contributed by atoms with Crippen molar-refractivity contribution in [3.05, 3.63) is 0 Å². The second-order valence-corrected chi connectivity index (χ2v) is 28.2. The maximum absolute atomic E-state index is 13.0. The molecule has 516 valence electrons. The van der Waals surface area contributed by atoms with Crippen LogP contribution < -0.4 is 0 Å². The molecule has 0 amide bonds. The first kappa shape index (κ1) is 85.1. The maximum atomic E-state index is 13.0. The number of aliphatic hydroxyl groups excluding tert-OH is 1. The largest absolute Gasteiger partial charge is 0.472 e. The van der Waals surface area contributed by atoms with Gasteiger partial charge in [-0.2, -0.15) is 0 Å². The van der Waals surface area contributed by atoms with Crippen molar-refractivity contribution in [3.8, 4) is 0 Å². The molecular formula is C68H132O17P2. The van der Waals surface area contributed by atoms with E-state index < -0.39 is 97.5 Å². The number of unbranched alkanes of at least 4 members (excludes halogenated alkanes) is 36. The Hall–Kier alpha value is -1.94. The molecule has 0 saturated heterocycles. The van der Waals surface area contributed by atoms with Crippen molar-refractivity contribution < 1.29 is 80.2 Å². The molecule has 3 unspecified atom stereocenters. The first-order valence-electron chi connectivity index (χ1n) is 35.5. The van der Waals surface area contributed by atoms with E-state index in [-0.39, 0.29) is 25.7 Å². The Balaban J connectivity index is 5.22. The highest BCUT2D eigenvalue weighted by molar-refractivity contribution is 7.47. The second kappa shape index (κ2) is 60.3. The van der Waals surface area contributed by atoms with Crippen LogP contribution >= 0.6 is 15.6 Å². The van der Waals surface area contributed by atoms with E-state index in [2.05, 4.69) is 41.5 Å². The van der Waals surface area contributed by atoms with E-state index in [1.54, 1.807) is 0 Å². The molecule has 17 nitrogen and oxygen atoms in total. The highest BCUT2D eigenvalue weighted by atomic mass is 31.2. The molecule has 0 heterocycles. The minimum atomic E-state index is -4.95. The molecule has 3 N–H and O–H groups in total. The average Bonchev–Trinajstić information content (AvgIpc) is 3.54. The number of carbonyl (C=O) groups is 4. The van der Waals surface area contributed by atoms with Crippen molar-refractivity contribution in [2.75, 3.05) is 39.6 Å². The fourth-order valence-corrected chi connectivity index (χ4v) is 11.8. The molecule has 0 spiro atoms. The van der Waals surface area contributed by atoms with E-state index in [0.29, 0.717) is 25.7 Å². The summed E-state index contributed by atoms with van der Waals surface area (Å²) in [6.45, 7) is 9.49. The zero-order valence-electron chi connectivity index (χ0n) is 56.3. The van der Waals surface area contributed by atoms with Gasteiger partial charge >= 0.3 is 39.5 Å². The van der Waals surface area contributed by atoms with Gasteiger partial charge in [0.05, 0.1) is 26.4 Å². The zero-order chi connectivity index (χ0) is 64.3. The van der Waals surface area contributed by atoms with E-state index in [0.717, 1.165) is 115 Å². The van der Waals surface area contributed by atoms with Gasteiger partial charge in [0.1, 0.15) is 19.3 Å². The number of carbonyl (C=O) groups excluding carboxylic acids is 4. The van der Waals surface area contributed by atoms with Crippen molar-refractivity contribution >= 4 is 39.5 Å². The number of hydrogen-bond acceptors (Lipinski definition) is 15. The van der Waals surface area contributed by atoms with Crippen LogP contribution in [0.1, 0.15) is 343 Å². The van der Waals surface area contributed by atoms with Gasteiger partial charge in [0.15, 0.2) is 12.2 Å².